The molecule has 6 heteroatoms. The molecular formula is C14H20N2O4. The predicted molar refractivity (Wildman–Crippen MR) is 74.5 cm³/mol. The molecule has 0 fully saturated rings. The minimum absolute atomic E-state index is 0.236. The van der Waals surface area contributed by atoms with Crippen molar-refractivity contribution in [3.05, 3.63) is 24.4 Å². The number of pyridine rings is 1. The maximum atomic E-state index is 12.2. The summed E-state index contributed by atoms with van der Waals surface area (Å²) in [5.41, 5.74) is -0.654. The summed E-state index contributed by atoms with van der Waals surface area (Å²) in [6.07, 6.45) is 0.905. The first-order chi connectivity index (χ1) is 9.33. The van der Waals surface area contributed by atoms with Crippen LogP contribution in [-0.4, -0.2) is 35.8 Å². The van der Waals surface area contributed by atoms with Crippen LogP contribution in [0.15, 0.2) is 24.4 Å². The summed E-state index contributed by atoms with van der Waals surface area (Å²) in [5, 5.41) is 0. The van der Waals surface area contributed by atoms with Crippen molar-refractivity contribution in [2.75, 3.05) is 18.1 Å². The molecule has 0 radical (unpaired) electrons. The number of aromatic nitrogens is 1. The van der Waals surface area contributed by atoms with Crippen LogP contribution in [0.25, 0.3) is 0 Å². The number of amides is 1. The Morgan fingerprint density at radius 3 is 2.50 bits per heavy atom. The molecule has 0 N–H and O–H groups in total. The number of ether oxygens (including phenoxy) is 2. The van der Waals surface area contributed by atoms with E-state index in [-0.39, 0.29) is 13.2 Å². The van der Waals surface area contributed by atoms with Crippen LogP contribution in [0, 0.1) is 0 Å². The monoisotopic (exact) mass is 280 g/mol. The molecule has 0 spiro atoms. The van der Waals surface area contributed by atoms with Crippen molar-refractivity contribution < 1.29 is 19.1 Å². The molecule has 1 amide bonds. The second-order valence-corrected chi connectivity index (χ2v) is 5.06. The molecule has 20 heavy (non-hydrogen) atoms. The predicted octanol–water partition coefficient (Wildman–Crippen LogP) is 2.39. The van der Waals surface area contributed by atoms with Gasteiger partial charge in [-0.05, 0) is 39.8 Å². The smallest absolute Gasteiger partial charge is 0.416 e. The Balaban J connectivity index is 2.90. The zero-order chi connectivity index (χ0) is 15.2. The number of rotatable bonds is 4. The van der Waals surface area contributed by atoms with E-state index in [2.05, 4.69) is 4.98 Å². The summed E-state index contributed by atoms with van der Waals surface area (Å²) >= 11 is 0. The minimum atomic E-state index is -0.654. The molecule has 0 aromatic carbocycles. The summed E-state index contributed by atoms with van der Waals surface area (Å²) in [6, 6.07) is 5.08. The summed E-state index contributed by atoms with van der Waals surface area (Å²) in [4.78, 5) is 29.0. The van der Waals surface area contributed by atoms with Gasteiger partial charge < -0.3 is 9.47 Å². The number of hydrogen-bond donors (Lipinski definition) is 0. The van der Waals surface area contributed by atoms with Gasteiger partial charge in [0.25, 0.3) is 0 Å². The standard InChI is InChI=1S/C14H20N2O4/c1-5-19-12(17)10-16(11-8-6-7-9-15-11)13(18)20-14(2,3)4/h6-9H,5,10H2,1-4H3. The van der Waals surface area contributed by atoms with Crippen molar-refractivity contribution in [3.8, 4) is 0 Å². The van der Waals surface area contributed by atoms with E-state index in [1.807, 2.05) is 0 Å². The quantitative estimate of drug-likeness (QED) is 0.792. The molecule has 6 nitrogen and oxygen atoms in total. The van der Waals surface area contributed by atoms with Crippen LogP contribution < -0.4 is 4.90 Å². The summed E-state index contributed by atoms with van der Waals surface area (Å²) in [6.45, 7) is 6.99. The Bertz CT molecular complexity index is 454. The van der Waals surface area contributed by atoms with E-state index in [4.69, 9.17) is 9.47 Å². The maximum Gasteiger partial charge on any atom is 0.416 e. The van der Waals surface area contributed by atoms with Gasteiger partial charge >= 0.3 is 12.1 Å². The highest BCUT2D eigenvalue weighted by Crippen LogP contribution is 2.15. The number of hydrogen-bond acceptors (Lipinski definition) is 5. The Labute approximate surface area is 118 Å². The van der Waals surface area contributed by atoms with Gasteiger partial charge in [-0.25, -0.2) is 9.78 Å². The van der Waals surface area contributed by atoms with Crippen LogP contribution in [0.1, 0.15) is 27.7 Å². The van der Waals surface area contributed by atoms with Crippen molar-refractivity contribution in [2.45, 2.75) is 33.3 Å². The van der Waals surface area contributed by atoms with E-state index in [9.17, 15) is 9.59 Å². The van der Waals surface area contributed by atoms with Crippen LogP contribution in [0.5, 0.6) is 0 Å². The topological polar surface area (TPSA) is 68.7 Å². The van der Waals surface area contributed by atoms with Gasteiger partial charge in [-0.15, -0.1) is 0 Å². The van der Waals surface area contributed by atoms with Crippen LogP contribution in [0.3, 0.4) is 0 Å². The van der Waals surface area contributed by atoms with Crippen LogP contribution >= 0.6 is 0 Å². The van der Waals surface area contributed by atoms with Gasteiger partial charge in [-0.2, -0.15) is 0 Å². The number of anilines is 1. The second kappa shape index (κ2) is 6.88. The molecule has 1 aromatic heterocycles. The van der Waals surface area contributed by atoms with Gasteiger partial charge in [0.1, 0.15) is 18.0 Å². The minimum Gasteiger partial charge on any atom is -0.465 e. The first kappa shape index (κ1) is 15.9. The summed E-state index contributed by atoms with van der Waals surface area (Å²) in [7, 11) is 0. The van der Waals surface area contributed by atoms with Crippen LogP contribution in [0.4, 0.5) is 10.6 Å². The van der Waals surface area contributed by atoms with Gasteiger partial charge in [-0.3, -0.25) is 9.69 Å². The largest absolute Gasteiger partial charge is 0.465 e. The third-order valence-electron chi connectivity index (χ3n) is 2.13. The fraction of sp³-hybridized carbons (Fsp3) is 0.500. The summed E-state index contributed by atoms with van der Waals surface area (Å²) in [5.74, 6) is -0.168. The van der Waals surface area contributed by atoms with Gasteiger partial charge in [0.15, 0.2) is 0 Å². The molecule has 1 rings (SSSR count). The SMILES string of the molecule is CCOC(=O)CN(C(=O)OC(C)(C)C)c1ccccn1. The van der Waals surface area contributed by atoms with Crippen molar-refractivity contribution in [1.82, 2.24) is 4.98 Å². The number of carbonyl (C=O) groups is 2. The van der Waals surface area contributed by atoms with E-state index < -0.39 is 17.7 Å². The van der Waals surface area contributed by atoms with Crippen LogP contribution in [0.2, 0.25) is 0 Å². The van der Waals surface area contributed by atoms with Crippen molar-refractivity contribution in [3.63, 3.8) is 0 Å². The average molecular weight is 280 g/mol. The third-order valence-corrected chi connectivity index (χ3v) is 2.13. The Hall–Kier alpha value is -2.11. The highest BCUT2D eigenvalue weighted by atomic mass is 16.6. The molecule has 1 aromatic rings. The first-order valence-electron chi connectivity index (χ1n) is 6.40. The van der Waals surface area contributed by atoms with Crippen molar-refractivity contribution in [2.24, 2.45) is 0 Å². The molecule has 0 aliphatic rings. The lowest BCUT2D eigenvalue weighted by atomic mass is 10.2. The van der Waals surface area contributed by atoms with Gasteiger partial charge in [0.05, 0.1) is 6.61 Å². The molecule has 0 aliphatic heterocycles. The average Bonchev–Trinajstić information content (AvgIpc) is 2.35. The van der Waals surface area contributed by atoms with Gasteiger partial charge in [0, 0.05) is 6.20 Å². The maximum absolute atomic E-state index is 12.2. The summed E-state index contributed by atoms with van der Waals surface area (Å²) < 4.78 is 10.1. The van der Waals surface area contributed by atoms with E-state index in [0.717, 1.165) is 4.90 Å². The van der Waals surface area contributed by atoms with Gasteiger partial charge in [-0.1, -0.05) is 6.07 Å². The third kappa shape index (κ3) is 5.26. The second-order valence-electron chi connectivity index (χ2n) is 5.06. The molecule has 0 saturated carbocycles. The Morgan fingerprint density at radius 2 is 2.00 bits per heavy atom. The molecule has 0 aliphatic carbocycles. The van der Waals surface area contributed by atoms with E-state index in [1.165, 1.54) is 6.20 Å². The Morgan fingerprint density at radius 1 is 1.30 bits per heavy atom. The molecule has 110 valence electrons. The number of esters is 1. The molecule has 0 saturated heterocycles. The first-order valence-corrected chi connectivity index (χ1v) is 6.40. The molecule has 0 unspecified atom stereocenters. The zero-order valence-electron chi connectivity index (χ0n) is 12.3. The van der Waals surface area contributed by atoms with Gasteiger partial charge in [0.2, 0.25) is 0 Å². The number of nitrogens with zero attached hydrogens (tertiary/aromatic N) is 2. The van der Waals surface area contributed by atoms with Crippen molar-refractivity contribution in [1.29, 1.82) is 0 Å². The lowest BCUT2D eigenvalue weighted by Gasteiger charge is -2.26. The Kier molecular flexibility index (Phi) is 5.49. The molecule has 1 heterocycles. The van der Waals surface area contributed by atoms with E-state index >= 15 is 0 Å². The fourth-order valence-electron chi connectivity index (χ4n) is 1.41. The lowest BCUT2D eigenvalue weighted by Crippen LogP contribution is -2.40. The molecular weight excluding hydrogens is 260 g/mol. The van der Waals surface area contributed by atoms with Crippen molar-refractivity contribution >= 4 is 17.9 Å². The van der Waals surface area contributed by atoms with E-state index in [1.54, 1.807) is 45.9 Å². The molecule has 0 atom stereocenters. The number of carbonyl (C=O) groups excluding carboxylic acids is 2. The highest BCUT2D eigenvalue weighted by molar-refractivity contribution is 5.92. The normalized spacial score (nSPS) is 10.8. The van der Waals surface area contributed by atoms with Crippen LogP contribution in [-0.2, 0) is 14.3 Å². The zero-order valence-corrected chi connectivity index (χ0v) is 12.3. The highest BCUT2D eigenvalue weighted by Gasteiger charge is 2.26. The van der Waals surface area contributed by atoms with E-state index in [0.29, 0.717) is 5.82 Å². The lowest BCUT2D eigenvalue weighted by molar-refractivity contribution is -0.141. The molecule has 0 bridgehead atoms. The fourth-order valence-corrected chi connectivity index (χ4v) is 1.41.